The molecule has 0 radical (unpaired) electrons. The van der Waals surface area contributed by atoms with Gasteiger partial charge in [-0.1, -0.05) is 48.2 Å². The van der Waals surface area contributed by atoms with Crippen molar-refractivity contribution in [3.05, 3.63) is 64.1 Å². The van der Waals surface area contributed by atoms with Crippen molar-refractivity contribution >= 4 is 29.0 Å². The molecule has 7 heteroatoms. The Hall–Kier alpha value is -2.12. The van der Waals surface area contributed by atoms with E-state index < -0.39 is 0 Å². The van der Waals surface area contributed by atoms with Crippen LogP contribution in [0.2, 0.25) is 0 Å². The van der Waals surface area contributed by atoms with E-state index in [1.807, 2.05) is 36.4 Å². The van der Waals surface area contributed by atoms with Crippen LogP contribution in [0.15, 0.2) is 53.0 Å². The Morgan fingerprint density at radius 1 is 1.20 bits per heavy atom. The first kappa shape index (κ1) is 17.7. The first-order valence-electron chi connectivity index (χ1n) is 8.14. The third kappa shape index (κ3) is 4.93. The summed E-state index contributed by atoms with van der Waals surface area (Å²) in [5, 5.41) is 14.4. The Morgan fingerprint density at radius 2 is 2.04 bits per heavy atom. The SMILES string of the molecule is CCn1c(Cc2cccs2)nnc1SCC(=O)NCc1ccccc1. The molecule has 0 unspecified atom stereocenters. The predicted octanol–water partition coefficient (Wildman–Crippen LogP) is 3.36. The highest BCUT2D eigenvalue weighted by Crippen LogP contribution is 2.20. The predicted molar refractivity (Wildman–Crippen MR) is 102 cm³/mol. The molecule has 25 heavy (non-hydrogen) atoms. The second kappa shape index (κ2) is 8.82. The number of hydrogen-bond donors (Lipinski definition) is 1. The average Bonchev–Trinajstić information content (AvgIpc) is 3.29. The Balaban J connectivity index is 1.54. The minimum atomic E-state index is -0.000636. The second-order valence-corrected chi connectivity index (χ2v) is 7.42. The smallest absolute Gasteiger partial charge is 0.230 e. The van der Waals surface area contributed by atoms with Crippen molar-refractivity contribution in [2.75, 3.05) is 5.75 Å². The molecule has 130 valence electrons. The van der Waals surface area contributed by atoms with Crippen LogP contribution < -0.4 is 5.32 Å². The third-order valence-electron chi connectivity index (χ3n) is 3.69. The summed E-state index contributed by atoms with van der Waals surface area (Å²) >= 11 is 3.15. The molecular weight excluding hydrogens is 352 g/mol. The number of amides is 1. The molecule has 0 aliphatic rings. The lowest BCUT2D eigenvalue weighted by Crippen LogP contribution is -2.24. The van der Waals surface area contributed by atoms with Gasteiger partial charge in [0.2, 0.25) is 5.91 Å². The highest BCUT2D eigenvalue weighted by Gasteiger charge is 2.13. The van der Waals surface area contributed by atoms with E-state index in [1.54, 1.807) is 11.3 Å². The standard InChI is InChI=1S/C18H20N4OS2/c1-2-22-16(11-15-9-6-10-24-15)20-21-18(22)25-13-17(23)19-12-14-7-4-3-5-8-14/h3-10H,2,11-13H2,1H3,(H,19,23). The zero-order chi connectivity index (χ0) is 17.5. The maximum absolute atomic E-state index is 12.1. The van der Waals surface area contributed by atoms with Gasteiger partial charge in [-0.15, -0.1) is 21.5 Å². The van der Waals surface area contributed by atoms with Gasteiger partial charge in [0, 0.05) is 24.4 Å². The normalized spacial score (nSPS) is 10.8. The van der Waals surface area contributed by atoms with Crippen molar-refractivity contribution < 1.29 is 4.79 Å². The number of rotatable bonds is 8. The monoisotopic (exact) mass is 372 g/mol. The van der Waals surface area contributed by atoms with Gasteiger partial charge < -0.3 is 9.88 Å². The Morgan fingerprint density at radius 3 is 2.76 bits per heavy atom. The number of thiophene rings is 1. The number of nitrogens with one attached hydrogen (secondary N) is 1. The van der Waals surface area contributed by atoms with Gasteiger partial charge in [-0.3, -0.25) is 4.79 Å². The minimum absolute atomic E-state index is 0.000636. The number of hydrogen-bond acceptors (Lipinski definition) is 5. The molecule has 5 nitrogen and oxygen atoms in total. The fourth-order valence-corrected chi connectivity index (χ4v) is 3.97. The van der Waals surface area contributed by atoms with E-state index in [2.05, 4.69) is 38.5 Å². The van der Waals surface area contributed by atoms with E-state index in [-0.39, 0.29) is 5.91 Å². The molecule has 0 aliphatic heterocycles. The summed E-state index contributed by atoms with van der Waals surface area (Å²) in [7, 11) is 0. The topological polar surface area (TPSA) is 59.8 Å². The zero-order valence-corrected chi connectivity index (χ0v) is 15.6. The molecule has 0 saturated heterocycles. The number of nitrogens with zero attached hydrogens (tertiary/aromatic N) is 3. The fourth-order valence-electron chi connectivity index (χ4n) is 2.42. The van der Waals surface area contributed by atoms with Crippen LogP contribution in [-0.4, -0.2) is 26.4 Å². The molecule has 2 aromatic heterocycles. The zero-order valence-electron chi connectivity index (χ0n) is 14.0. The van der Waals surface area contributed by atoms with Gasteiger partial charge in [0.15, 0.2) is 5.16 Å². The van der Waals surface area contributed by atoms with E-state index in [0.717, 1.165) is 29.5 Å². The molecule has 1 N–H and O–H groups in total. The van der Waals surface area contributed by atoms with Crippen LogP contribution >= 0.6 is 23.1 Å². The van der Waals surface area contributed by atoms with Gasteiger partial charge >= 0.3 is 0 Å². The van der Waals surface area contributed by atoms with Crippen molar-refractivity contribution in [2.24, 2.45) is 0 Å². The summed E-state index contributed by atoms with van der Waals surface area (Å²) in [6.45, 7) is 3.41. The van der Waals surface area contributed by atoms with Gasteiger partial charge in [0.1, 0.15) is 5.82 Å². The highest BCUT2D eigenvalue weighted by atomic mass is 32.2. The number of carbonyl (C=O) groups excluding carboxylic acids is 1. The van der Waals surface area contributed by atoms with Crippen LogP contribution in [0, 0.1) is 0 Å². The summed E-state index contributed by atoms with van der Waals surface area (Å²) in [6, 6.07) is 14.0. The van der Waals surface area contributed by atoms with Gasteiger partial charge in [0.25, 0.3) is 0 Å². The molecule has 3 aromatic rings. The van der Waals surface area contributed by atoms with Crippen LogP contribution in [0.5, 0.6) is 0 Å². The van der Waals surface area contributed by atoms with Crippen LogP contribution in [0.3, 0.4) is 0 Å². The maximum Gasteiger partial charge on any atom is 0.230 e. The van der Waals surface area contributed by atoms with Crippen molar-refractivity contribution in [3.8, 4) is 0 Å². The molecular formula is C18H20N4OS2. The summed E-state index contributed by atoms with van der Waals surface area (Å²) in [4.78, 5) is 13.3. The van der Waals surface area contributed by atoms with E-state index in [9.17, 15) is 4.79 Å². The van der Waals surface area contributed by atoms with E-state index in [0.29, 0.717) is 12.3 Å². The van der Waals surface area contributed by atoms with Crippen LogP contribution in [-0.2, 0) is 24.3 Å². The summed E-state index contributed by atoms with van der Waals surface area (Å²) in [6.07, 6.45) is 0.777. The van der Waals surface area contributed by atoms with Crippen molar-refractivity contribution in [1.29, 1.82) is 0 Å². The molecule has 3 rings (SSSR count). The Kier molecular flexibility index (Phi) is 6.25. The summed E-state index contributed by atoms with van der Waals surface area (Å²) in [5.74, 6) is 1.28. The molecule has 0 spiro atoms. The van der Waals surface area contributed by atoms with Crippen LogP contribution in [0.1, 0.15) is 23.2 Å². The lowest BCUT2D eigenvalue weighted by Gasteiger charge is -2.07. The van der Waals surface area contributed by atoms with E-state index >= 15 is 0 Å². The minimum Gasteiger partial charge on any atom is -0.351 e. The summed E-state index contributed by atoms with van der Waals surface area (Å²) in [5.41, 5.74) is 1.09. The van der Waals surface area contributed by atoms with E-state index in [4.69, 9.17) is 0 Å². The average molecular weight is 373 g/mol. The molecule has 0 aliphatic carbocycles. The highest BCUT2D eigenvalue weighted by molar-refractivity contribution is 7.99. The van der Waals surface area contributed by atoms with Crippen molar-refractivity contribution in [1.82, 2.24) is 20.1 Å². The summed E-state index contributed by atoms with van der Waals surface area (Å²) < 4.78 is 2.08. The quantitative estimate of drug-likeness (QED) is 0.616. The first-order chi connectivity index (χ1) is 12.3. The molecule has 1 amide bonds. The maximum atomic E-state index is 12.1. The number of benzene rings is 1. The van der Waals surface area contributed by atoms with Gasteiger partial charge in [0.05, 0.1) is 5.75 Å². The largest absolute Gasteiger partial charge is 0.351 e. The molecule has 2 heterocycles. The van der Waals surface area contributed by atoms with Crippen molar-refractivity contribution in [2.45, 2.75) is 31.6 Å². The lowest BCUT2D eigenvalue weighted by molar-refractivity contribution is -0.118. The van der Waals surface area contributed by atoms with Crippen LogP contribution in [0.4, 0.5) is 0 Å². The second-order valence-electron chi connectivity index (χ2n) is 5.45. The van der Waals surface area contributed by atoms with Crippen molar-refractivity contribution in [3.63, 3.8) is 0 Å². The Labute approximate surface area is 155 Å². The van der Waals surface area contributed by atoms with Crippen LogP contribution in [0.25, 0.3) is 0 Å². The number of thioether (sulfide) groups is 1. The van der Waals surface area contributed by atoms with Gasteiger partial charge in [-0.25, -0.2) is 0 Å². The molecule has 0 saturated carbocycles. The van der Waals surface area contributed by atoms with Gasteiger partial charge in [-0.05, 0) is 23.9 Å². The first-order valence-corrected chi connectivity index (χ1v) is 10.0. The molecule has 1 aromatic carbocycles. The van der Waals surface area contributed by atoms with E-state index in [1.165, 1.54) is 16.6 Å². The number of carbonyl (C=O) groups is 1. The Bertz CT molecular complexity index is 800. The molecule has 0 fully saturated rings. The lowest BCUT2D eigenvalue weighted by atomic mass is 10.2. The molecule has 0 bridgehead atoms. The van der Waals surface area contributed by atoms with Gasteiger partial charge in [-0.2, -0.15) is 0 Å². The fraction of sp³-hybridized carbons (Fsp3) is 0.278. The number of aromatic nitrogens is 3. The third-order valence-corrected chi connectivity index (χ3v) is 5.53. The molecule has 0 atom stereocenters.